The van der Waals surface area contributed by atoms with E-state index in [1.807, 2.05) is 30.3 Å². The van der Waals surface area contributed by atoms with Crippen molar-refractivity contribution in [1.82, 2.24) is 15.1 Å². The van der Waals surface area contributed by atoms with E-state index in [-0.39, 0.29) is 17.9 Å². The molecule has 2 aliphatic rings. The predicted octanol–water partition coefficient (Wildman–Crippen LogP) is 2.35. The molecule has 1 aliphatic heterocycles. The number of methoxy groups -OCH3 is 2. The quantitative estimate of drug-likeness (QED) is 0.608. The molecule has 0 atom stereocenters. The number of nitrogens with zero attached hydrogens (tertiary/aromatic N) is 2. The number of anilines is 1. The first-order valence-corrected chi connectivity index (χ1v) is 11.4. The van der Waals surface area contributed by atoms with E-state index in [1.54, 1.807) is 26.4 Å². The lowest BCUT2D eigenvalue weighted by molar-refractivity contribution is -0.117. The summed E-state index contributed by atoms with van der Waals surface area (Å²) < 4.78 is 10.8. The molecule has 2 aromatic carbocycles. The molecule has 33 heavy (non-hydrogen) atoms. The van der Waals surface area contributed by atoms with Gasteiger partial charge < -0.3 is 20.1 Å². The highest BCUT2D eigenvalue weighted by molar-refractivity contribution is 6.04. The van der Waals surface area contributed by atoms with Crippen LogP contribution >= 0.6 is 0 Å². The molecular weight excluding hydrogens is 420 g/mol. The van der Waals surface area contributed by atoms with Gasteiger partial charge >= 0.3 is 0 Å². The fourth-order valence-corrected chi connectivity index (χ4v) is 4.03. The third-order valence-electron chi connectivity index (χ3n) is 6.07. The van der Waals surface area contributed by atoms with Gasteiger partial charge in [-0.1, -0.05) is 12.1 Å². The van der Waals surface area contributed by atoms with Crippen LogP contribution in [0.15, 0.2) is 42.5 Å². The van der Waals surface area contributed by atoms with Crippen molar-refractivity contribution in [3.63, 3.8) is 0 Å². The molecule has 1 aliphatic carbocycles. The fraction of sp³-hybridized carbons (Fsp3) is 0.440. The average molecular weight is 453 g/mol. The second-order valence-electron chi connectivity index (χ2n) is 8.57. The lowest BCUT2D eigenvalue weighted by Gasteiger charge is -2.34. The number of benzene rings is 2. The summed E-state index contributed by atoms with van der Waals surface area (Å²) in [7, 11) is 3.34. The molecule has 0 unspecified atom stereocenters. The Kier molecular flexibility index (Phi) is 7.47. The van der Waals surface area contributed by atoms with Gasteiger partial charge in [0, 0.05) is 44.3 Å². The monoisotopic (exact) mass is 452 g/mol. The van der Waals surface area contributed by atoms with Gasteiger partial charge in [0.1, 0.15) is 11.5 Å². The number of hydrogen-bond donors (Lipinski definition) is 2. The van der Waals surface area contributed by atoms with Gasteiger partial charge in [-0.15, -0.1) is 0 Å². The number of nitrogens with one attached hydrogen (secondary N) is 2. The zero-order valence-corrected chi connectivity index (χ0v) is 19.3. The van der Waals surface area contributed by atoms with E-state index in [4.69, 9.17) is 9.47 Å². The summed E-state index contributed by atoms with van der Waals surface area (Å²) in [5.41, 5.74) is 2.16. The highest BCUT2D eigenvalue weighted by atomic mass is 16.5. The summed E-state index contributed by atoms with van der Waals surface area (Å²) >= 11 is 0. The van der Waals surface area contributed by atoms with Crippen LogP contribution in [0.1, 0.15) is 28.8 Å². The molecule has 1 heterocycles. The number of carbonyl (C=O) groups is 2. The Hall–Kier alpha value is -3.10. The van der Waals surface area contributed by atoms with E-state index < -0.39 is 0 Å². The van der Waals surface area contributed by atoms with E-state index in [0.717, 1.165) is 62.6 Å². The van der Waals surface area contributed by atoms with Crippen molar-refractivity contribution in [1.29, 1.82) is 0 Å². The Morgan fingerprint density at radius 3 is 2.39 bits per heavy atom. The highest BCUT2D eigenvalue weighted by Gasteiger charge is 2.25. The van der Waals surface area contributed by atoms with Gasteiger partial charge in [0.15, 0.2) is 0 Å². The fourth-order valence-electron chi connectivity index (χ4n) is 4.03. The maximum Gasteiger partial charge on any atom is 0.253 e. The Morgan fingerprint density at radius 2 is 1.70 bits per heavy atom. The van der Waals surface area contributed by atoms with Crippen LogP contribution < -0.4 is 20.1 Å². The van der Waals surface area contributed by atoms with Crippen molar-refractivity contribution in [3.8, 4) is 11.5 Å². The molecule has 0 bridgehead atoms. The maximum atomic E-state index is 12.7. The Labute approximate surface area is 194 Å². The van der Waals surface area contributed by atoms with Gasteiger partial charge in [0.05, 0.1) is 32.0 Å². The third-order valence-corrected chi connectivity index (χ3v) is 6.07. The Balaban J connectivity index is 1.28. The van der Waals surface area contributed by atoms with Crippen LogP contribution in [0.4, 0.5) is 5.69 Å². The van der Waals surface area contributed by atoms with E-state index in [2.05, 4.69) is 20.4 Å². The molecular formula is C25H32N4O4. The lowest BCUT2D eigenvalue weighted by atomic mass is 10.1. The zero-order chi connectivity index (χ0) is 23.2. The molecule has 2 fully saturated rings. The number of rotatable bonds is 9. The van der Waals surface area contributed by atoms with Crippen LogP contribution in [0.25, 0.3) is 0 Å². The number of amides is 2. The summed E-state index contributed by atoms with van der Waals surface area (Å²) in [4.78, 5) is 29.6. The van der Waals surface area contributed by atoms with Crippen LogP contribution in [-0.4, -0.2) is 74.6 Å². The van der Waals surface area contributed by atoms with Gasteiger partial charge in [-0.3, -0.25) is 19.4 Å². The largest absolute Gasteiger partial charge is 0.497 e. The molecule has 8 nitrogen and oxygen atoms in total. The second-order valence-corrected chi connectivity index (χ2v) is 8.57. The highest BCUT2D eigenvalue weighted by Crippen LogP contribution is 2.26. The first-order valence-electron chi connectivity index (χ1n) is 11.4. The van der Waals surface area contributed by atoms with E-state index in [9.17, 15) is 9.59 Å². The standard InChI is InChI=1S/C25H32N4O4/c1-32-20-9-10-23(33-2)18(15-20)16-28-11-13-29(14-12-28)17-24(30)27-22-6-4-3-5-21(22)25(31)26-19-7-8-19/h3-6,9-10,15,19H,7-8,11-14,16-17H2,1-2H3,(H,26,31)(H,27,30). The number of carbonyl (C=O) groups excluding carboxylic acids is 2. The minimum absolute atomic E-state index is 0.107. The molecule has 2 N–H and O–H groups in total. The van der Waals surface area contributed by atoms with Gasteiger partial charge in [-0.2, -0.15) is 0 Å². The number of piperazine rings is 1. The van der Waals surface area contributed by atoms with Gasteiger partial charge in [0.25, 0.3) is 5.91 Å². The van der Waals surface area contributed by atoms with Gasteiger partial charge in [-0.25, -0.2) is 0 Å². The summed E-state index contributed by atoms with van der Waals surface area (Å²) in [6.45, 7) is 4.37. The molecule has 0 radical (unpaired) electrons. The molecule has 4 rings (SSSR count). The lowest BCUT2D eigenvalue weighted by Crippen LogP contribution is -2.48. The summed E-state index contributed by atoms with van der Waals surface area (Å²) in [5, 5.41) is 5.91. The topological polar surface area (TPSA) is 83.1 Å². The first kappa shape index (κ1) is 23.1. The van der Waals surface area contributed by atoms with Gasteiger partial charge in [0.2, 0.25) is 5.91 Å². The van der Waals surface area contributed by atoms with Crippen LogP contribution in [0.2, 0.25) is 0 Å². The van der Waals surface area contributed by atoms with E-state index in [0.29, 0.717) is 17.8 Å². The van der Waals surface area contributed by atoms with Crippen molar-refractivity contribution in [2.75, 3.05) is 52.3 Å². The molecule has 1 saturated carbocycles. The predicted molar refractivity (Wildman–Crippen MR) is 127 cm³/mol. The first-order chi connectivity index (χ1) is 16.1. The third kappa shape index (κ3) is 6.24. The van der Waals surface area contributed by atoms with Crippen LogP contribution in [0, 0.1) is 0 Å². The summed E-state index contributed by atoms with van der Waals surface area (Å²) in [6, 6.07) is 13.3. The molecule has 2 aromatic rings. The summed E-state index contributed by atoms with van der Waals surface area (Å²) in [6.07, 6.45) is 2.05. The van der Waals surface area contributed by atoms with Crippen molar-refractivity contribution >= 4 is 17.5 Å². The number of ether oxygens (including phenoxy) is 2. The SMILES string of the molecule is COc1ccc(OC)c(CN2CCN(CC(=O)Nc3ccccc3C(=O)NC3CC3)CC2)c1. The molecule has 176 valence electrons. The number of para-hydroxylation sites is 1. The normalized spacial score (nSPS) is 16.8. The van der Waals surface area contributed by atoms with E-state index in [1.165, 1.54) is 0 Å². The van der Waals surface area contributed by atoms with Crippen LogP contribution in [0.3, 0.4) is 0 Å². The van der Waals surface area contributed by atoms with Crippen LogP contribution in [0.5, 0.6) is 11.5 Å². The average Bonchev–Trinajstić information content (AvgIpc) is 3.64. The van der Waals surface area contributed by atoms with Crippen LogP contribution in [-0.2, 0) is 11.3 Å². The zero-order valence-electron chi connectivity index (χ0n) is 19.3. The van der Waals surface area contributed by atoms with Crippen molar-refractivity contribution in [3.05, 3.63) is 53.6 Å². The smallest absolute Gasteiger partial charge is 0.253 e. The molecule has 1 saturated heterocycles. The molecule has 0 aromatic heterocycles. The number of hydrogen-bond acceptors (Lipinski definition) is 6. The summed E-state index contributed by atoms with van der Waals surface area (Å²) in [5.74, 6) is 1.42. The second kappa shape index (κ2) is 10.7. The van der Waals surface area contributed by atoms with Crippen molar-refractivity contribution in [2.24, 2.45) is 0 Å². The minimum atomic E-state index is -0.130. The molecule has 0 spiro atoms. The molecule has 2 amide bonds. The van der Waals surface area contributed by atoms with Gasteiger partial charge in [-0.05, 0) is 43.2 Å². The van der Waals surface area contributed by atoms with E-state index >= 15 is 0 Å². The van der Waals surface area contributed by atoms with Crippen molar-refractivity contribution in [2.45, 2.75) is 25.4 Å². The maximum absolute atomic E-state index is 12.7. The molecule has 8 heteroatoms. The van der Waals surface area contributed by atoms with Crippen molar-refractivity contribution < 1.29 is 19.1 Å². The Morgan fingerprint density at radius 1 is 0.970 bits per heavy atom. The Bertz CT molecular complexity index is 984. The minimum Gasteiger partial charge on any atom is -0.497 e.